The molecule has 0 aromatic rings. The van der Waals surface area contributed by atoms with Crippen LogP contribution in [-0.2, 0) is 4.79 Å². The van der Waals surface area contributed by atoms with Crippen LogP contribution in [0.2, 0.25) is 0 Å². The second-order valence-electron chi connectivity index (χ2n) is 3.12. The van der Waals surface area contributed by atoms with Crippen molar-refractivity contribution >= 4 is 5.97 Å². The molecule has 4 nitrogen and oxygen atoms in total. The summed E-state index contributed by atoms with van der Waals surface area (Å²) < 4.78 is 0. The molecule has 1 unspecified atom stereocenters. The standard InChI is InChI=1S/C8H18N2O2/c1-6(8(11)12)4-3-5-10-7(2)9/h6-7,10H,3-5,9H2,1-2H3,(H,11,12)/t6?,7-/m0/s1. The number of hydrogen-bond acceptors (Lipinski definition) is 3. The van der Waals surface area contributed by atoms with E-state index >= 15 is 0 Å². The number of nitrogens with two attached hydrogens (primary N) is 1. The van der Waals surface area contributed by atoms with E-state index in [1.54, 1.807) is 6.92 Å². The molecule has 0 aliphatic carbocycles. The van der Waals surface area contributed by atoms with Crippen molar-refractivity contribution < 1.29 is 9.90 Å². The molecule has 0 bridgehead atoms. The van der Waals surface area contributed by atoms with Crippen molar-refractivity contribution in [3.05, 3.63) is 0 Å². The number of hydrogen-bond donors (Lipinski definition) is 3. The van der Waals surface area contributed by atoms with Gasteiger partial charge in [0, 0.05) is 0 Å². The maximum atomic E-state index is 10.4. The first-order valence-corrected chi connectivity index (χ1v) is 4.25. The lowest BCUT2D eigenvalue weighted by molar-refractivity contribution is -0.141. The second-order valence-corrected chi connectivity index (χ2v) is 3.12. The minimum absolute atomic E-state index is 0.00914. The zero-order valence-electron chi connectivity index (χ0n) is 7.71. The Balaban J connectivity index is 3.25. The van der Waals surface area contributed by atoms with E-state index in [0.717, 1.165) is 13.0 Å². The summed E-state index contributed by atoms with van der Waals surface area (Å²) in [6.07, 6.45) is 1.55. The highest BCUT2D eigenvalue weighted by Gasteiger charge is 2.09. The summed E-state index contributed by atoms with van der Waals surface area (Å²) in [6, 6.07) is 0. The molecule has 0 saturated heterocycles. The Kier molecular flexibility index (Phi) is 5.66. The van der Waals surface area contributed by atoms with Crippen LogP contribution in [0, 0.1) is 5.92 Å². The fourth-order valence-corrected chi connectivity index (χ4v) is 0.861. The Hall–Kier alpha value is -0.610. The fourth-order valence-electron chi connectivity index (χ4n) is 0.861. The normalized spacial score (nSPS) is 15.6. The molecule has 0 rings (SSSR count). The average Bonchev–Trinajstić information content (AvgIpc) is 1.97. The Labute approximate surface area is 73.1 Å². The van der Waals surface area contributed by atoms with Crippen molar-refractivity contribution in [3.8, 4) is 0 Å². The summed E-state index contributed by atoms with van der Waals surface area (Å²) >= 11 is 0. The number of rotatable bonds is 6. The molecule has 0 fully saturated rings. The molecule has 4 N–H and O–H groups in total. The van der Waals surface area contributed by atoms with Crippen molar-refractivity contribution in [1.82, 2.24) is 5.32 Å². The van der Waals surface area contributed by atoms with Crippen LogP contribution in [-0.4, -0.2) is 23.8 Å². The van der Waals surface area contributed by atoms with Gasteiger partial charge in [-0.3, -0.25) is 4.79 Å². The monoisotopic (exact) mass is 174 g/mol. The predicted octanol–water partition coefficient (Wildman–Crippen LogP) is 0.382. The van der Waals surface area contributed by atoms with Gasteiger partial charge in [-0.05, 0) is 26.3 Å². The van der Waals surface area contributed by atoms with Gasteiger partial charge >= 0.3 is 5.97 Å². The van der Waals surface area contributed by atoms with Gasteiger partial charge in [0.15, 0.2) is 0 Å². The lowest BCUT2D eigenvalue weighted by atomic mass is 10.1. The van der Waals surface area contributed by atoms with Crippen LogP contribution in [0.3, 0.4) is 0 Å². The van der Waals surface area contributed by atoms with Gasteiger partial charge in [-0.2, -0.15) is 0 Å². The predicted molar refractivity (Wildman–Crippen MR) is 47.7 cm³/mol. The molecule has 72 valence electrons. The number of carboxylic acid groups (broad SMARTS) is 1. The van der Waals surface area contributed by atoms with E-state index in [2.05, 4.69) is 5.32 Å². The SMILES string of the molecule is CC(CCCN[C@@H](C)N)C(=O)O. The van der Waals surface area contributed by atoms with E-state index in [1.165, 1.54) is 0 Å². The van der Waals surface area contributed by atoms with Gasteiger partial charge in [-0.25, -0.2) is 0 Å². The number of nitrogens with one attached hydrogen (secondary N) is 1. The highest BCUT2D eigenvalue weighted by molar-refractivity contribution is 5.69. The van der Waals surface area contributed by atoms with Crippen LogP contribution in [0.15, 0.2) is 0 Å². The summed E-state index contributed by atoms with van der Waals surface area (Å²) in [7, 11) is 0. The molecule has 0 amide bonds. The molecule has 0 aromatic heterocycles. The lowest BCUT2D eigenvalue weighted by Gasteiger charge is -2.09. The van der Waals surface area contributed by atoms with Crippen molar-refractivity contribution in [2.45, 2.75) is 32.9 Å². The van der Waals surface area contributed by atoms with Gasteiger partial charge in [0.2, 0.25) is 0 Å². The highest BCUT2D eigenvalue weighted by atomic mass is 16.4. The zero-order chi connectivity index (χ0) is 9.56. The Morgan fingerprint density at radius 1 is 1.58 bits per heavy atom. The third-order valence-corrected chi connectivity index (χ3v) is 1.70. The molecule has 12 heavy (non-hydrogen) atoms. The topological polar surface area (TPSA) is 75.3 Å². The van der Waals surface area contributed by atoms with Crippen LogP contribution in [0.1, 0.15) is 26.7 Å². The average molecular weight is 174 g/mol. The lowest BCUT2D eigenvalue weighted by Crippen LogP contribution is -2.34. The quantitative estimate of drug-likeness (QED) is 0.402. The first-order valence-electron chi connectivity index (χ1n) is 4.25. The molecule has 0 aliphatic rings. The minimum Gasteiger partial charge on any atom is -0.481 e. The summed E-state index contributed by atoms with van der Waals surface area (Å²) in [5, 5.41) is 11.6. The third-order valence-electron chi connectivity index (χ3n) is 1.70. The fraction of sp³-hybridized carbons (Fsp3) is 0.875. The van der Waals surface area contributed by atoms with Crippen molar-refractivity contribution in [3.63, 3.8) is 0 Å². The van der Waals surface area contributed by atoms with Crippen LogP contribution < -0.4 is 11.1 Å². The van der Waals surface area contributed by atoms with Crippen LogP contribution in [0.25, 0.3) is 0 Å². The van der Waals surface area contributed by atoms with Gasteiger partial charge in [0.25, 0.3) is 0 Å². The van der Waals surface area contributed by atoms with E-state index in [9.17, 15) is 4.79 Å². The summed E-state index contributed by atoms with van der Waals surface area (Å²) in [4.78, 5) is 10.4. The smallest absolute Gasteiger partial charge is 0.306 e. The zero-order valence-corrected chi connectivity index (χ0v) is 7.71. The molecular formula is C8H18N2O2. The van der Waals surface area contributed by atoms with Crippen LogP contribution in [0.5, 0.6) is 0 Å². The largest absolute Gasteiger partial charge is 0.481 e. The third kappa shape index (κ3) is 6.12. The highest BCUT2D eigenvalue weighted by Crippen LogP contribution is 2.03. The Bertz CT molecular complexity index is 137. The van der Waals surface area contributed by atoms with E-state index in [1.807, 2.05) is 6.92 Å². The number of carbonyl (C=O) groups is 1. The first kappa shape index (κ1) is 11.4. The summed E-state index contributed by atoms with van der Waals surface area (Å²) in [5.41, 5.74) is 5.44. The van der Waals surface area contributed by atoms with Gasteiger partial charge < -0.3 is 16.2 Å². The molecule has 4 heteroatoms. The van der Waals surface area contributed by atoms with E-state index < -0.39 is 5.97 Å². The van der Waals surface area contributed by atoms with Gasteiger partial charge in [0.1, 0.15) is 0 Å². The van der Waals surface area contributed by atoms with E-state index in [-0.39, 0.29) is 12.1 Å². The van der Waals surface area contributed by atoms with Gasteiger partial charge in [0.05, 0.1) is 12.1 Å². The van der Waals surface area contributed by atoms with E-state index in [4.69, 9.17) is 10.8 Å². The maximum absolute atomic E-state index is 10.4. The first-order chi connectivity index (χ1) is 5.54. The summed E-state index contributed by atoms with van der Waals surface area (Å²) in [6.45, 7) is 4.37. The van der Waals surface area contributed by atoms with Gasteiger partial charge in [-0.1, -0.05) is 6.92 Å². The molecule has 0 saturated carbocycles. The number of aliphatic carboxylic acids is 1. The van der Waals surface area contributed by atoms with Crippen LogP contribution >= 0.6 is 0 Å². The van der Waals surface area contributed by atoms with Crippen molar-refractivity contribution in [2.75, 3.05) is 6.54 Å². The Morgan fingerprint density at radius 3 is 2.58 bits per heavy atom. The van der Waals surface area contributed by atoms with Crippen LogP contribution in [0.4, 0.5) is 0 Å². The minimum atomic E-state index is -0.726. The molecule has 0 heterocycles. The number of carboxylic acids is 1. The Morgan fingerprint density at radius 2 is 2.17 bits per heavy atom. The van der Waals surface area contributed by atoms with E-state index in [0.29, 0.717) is 6.42 Å². The molecule has 0 spiro atoms. The maximum Gasteiger partial charge on any atom is 0.306 e. The summed E-state index contributed by atoms with van der Waals surface area (Å²) in [5.74, 6) is -0.976. The second kappa shape index (κ2) is 5.97. The van der Waals surface area contributed by atoms with Crippen molar-refractivity contribution in [2.24, 2.45) is 11.7 Å². The molecule has 2 atom stereocenters. The molecule has 0 aliphatic heterocycles. The molecule has 0 aromatic carbocycles. The molecular weight excluding hydrogens is 156 g/mol. The van der Waals surface area contributed by atoms with Crippen molar-refractivity contribution in [1.29, 1.82) is 0 Å². The molecule has 0 radical (unpaired) electrons. The van der Waals surface area contributed by atoms with Gasteiger partial charge in [-0.15, -0.1) is 0 Å².